The number of nitrogens with zero attached hydrogens (tertiary/aromatic N) is 1. The van der Waals surface area contributed by atoms with Crippen LogP contribution in [0.1, 0.15) is 11.1 Å². The summed E-state index contributed by atoms with van der Waals surface area (Å²) < 4.78 is 0. The van der Waals surface area contributed by atoms with Crippen molar-refractivity contribution in [2.24, 2.45) is 0 Å². The Labute approximate surface area is 129 Å². The van der Waals surface area contributed by atoms with Crippen LogP contribution in [0.4, 0.5) is 0 Å². The Kier molecular flexibility index (Phi) is 3.20. The van der Waals surface area contributed by atoms with Gasteiger partial charge in [-0.2, -0.15) is 0 Å². The van der Waals surface area contributed by atoms with Gasteiger partial charge in [0.1, 0.15) is 0 Å². The van der Waals surface area contributed by atoms with Crippen LogP contribution >= 0.6 is 0 Å². The van der Waals surface area contributed by atoms with E-state index in [0.717, 1.165) is 11.9 Å². The van der Waals surface area contributed by atoms with Gasteiger partial charge < -0.3 is 4.98 Å². The molecule has 0 aliphatic heterocycles. The molecule has 106 valence electrons. The van der Waals surface area contributed by atoms with Gasteiger partial charge in [-0.25, -0.2) is 0 Å². The van der Waals surface area contributed by atoms with Crippen LogP contribution < -0.4 is 0 Å². The number of H-pyrrole nitrogens is 1. The summed E-state index contributed by atoms with van der Waals surface area (Å²) in [7, 11) is 0. The largest absolute Gasteiger partial charge is 0.360 e. The number of hydrogen-bond acceptors (Lipinski definition) is 1. The number of nitrogens with one attached hydrogen (secondary N) is 1. The number of rotatable bonds is 3. The lowest BCUT2D eigenvalue weighted by molar-refractivity contribution is 1.19. The Morgan fingerprint density at radius 2 is 1.59 bits per heavy atom. The highest BCUT2D eigenvalue weighted by atomic mass is 14.7. The summed E-state index contributed by atoms with van der Waals surface area (Å²) in [5.41, 5.74) is 6.16. The van der Waals surface area contributed by atoms with Gasteiger partial charge in [0.15, 0.2) is 0 Å². The van der Waals surface area contributed by atoms with Crippen molar-refractivity contribution in [3.8, 4) is 11.1 Å². The Morgan fingerprint density at radius 3 is 2.50 bits per heavy atom. The number of hydrogen-bond donors (Lipinski definition) is 1. The molecule has 0 unspecified atom stereocenters. The van der Waals surface area contributed by atoms with Crippen molar-refractivity contribution in [2.45, 2.75) is 6.42 Å². The summed E-state index contributed by atoms with van der Waals surface area (Å²) in [5, 5.41) is 1.22. The molecule has 0 saturated heterocycles. The molecule has 2 aromatic heterocycles. The second-order valence-corrected chi connectivity index (χ2v) is 5.45. The van der Waals surface area contributed by atoms with Gasteiger partial charge in [0.05, 0.1) is 11.7 Å². The molecule has 0 spiro atoms. The standard InChI is InChI=1S/C20H16N2/c1-2-6-15(7-3-1)12-16-8-4-5-9-17(16)19-13-21-14-20-18(19)10-11-22-20/h1-11,13-14,22H,12H2. The molecule has 2 heterocycles. The summed E-state index contributed by atoms with van der Waals surface area (Å²) in [4.78, 5) is 7.61. The van der Waals surface area contributed by atoms with E-state index in [0.29, 0.717) is 0 Å². The van der Waals surface area contributed by atoms with Crippen LogP contribution in [0, 0.1) is 0 Å². The van der Waals surface area contributed by atoms with E-state index in [1.807, 2.05) is 18.6 Å². The van der Waals surface area contributed by atoms with Crippen molar-refractivity contribution in [2.75, 3.05) is 0 Å². The highest BCUT2D eigenvalue weighted by Gasteiger charge is 2.09. The molecule has 22 heavy (non-hydrogen) atoms. The van der Waals surface area contributed by atoms with E-state index in [9.17, 15) is 0 Å². The Bertz CT molecular complexity index is 907. The number of aromatic amines is 1. The molecule has 0 fully saturated rings. The maximum Gasteiger partial charge on any atom is 0.0646 e. The van der Waals surface area contributed by atoms with E-state index < -0.39 is 0 Å². The highest BCUT2D eigenvalue weighted by Crippen LogP contribution is 2.30. The fourth-order valence-electron chi connectivity index (χ4n) is 2.95. The van der Waals surface area contributed by atoms with E-state index in [1.54, 1.807) is 0 Å². The molecule has 0 aliphatic carbocycles. The third-order valence-corrected chi connectivity index (χ3v) is 4.02. The maximum atomic E-state index is 4.38. The maximum absolute atomic E-state index is 4.38. The molecule has 0 atom stereocenters. The number of aromatic nitrogens is 2. The van der Waals surface area contributed by atoms with Crippen LogP contribution in [-0.4, -0.2) is 9.97 Å². The van der Waals surface area contributed by atoms with Crippen LogP contribution in [-0.2, 0) is 6.42 Å². The first-order valence-electron chi connectivity index (χ1n) is 7.45. The van der Waals surface area contributed by atoms with Gasteiger partial charge in [0, 0.05) is 23.3 Å². The number of fused-ring (bicyclic) bond motifs is 1. The summed E-state index contributed by atoms with van der Waals surface area (Å²) >= 11 is 0. The normalized spacial score (nSPS) is 10.9. The average molecular weight is 284 g/mol. The van der Waals surface area contributed by atoms with Gasteiger partial charge in [0.25, 0.3) is 0 Å². The molecule has 4 aromatic rings. The topological polar surface area (TPSA) is 28.7 Å². The predicted octanol–water partition coefficient (Wildman–Crippen LogP) is 4.82. The highest BCUT2D eigenvalue weighted by molar-refractivity contribution is 5.94. The molecular weight excluding hydrogens is 268 g/mol. The molecule has 4 rings (SSSR count). The molecule has 0 amide bonds. The lowest BCUT2D eigenvalue weighted by Gasteiger charge is -2.11. The van der Waals surface area contributed by atoms with Crippen molar-refractivity contribution in [1.29, 1.82) is 0 Å². The third kappa shape index (κ3) is 2.29. The van der Waals surface area contributed by atoms with Crippen molar-refractivity contribution in [1.82, 2.24) is 9.97 Å². The Morgan fingerprint density at radius 1 is 0.773 bits per heavy atom. The molecule has 0 bridgehead atoms. The SMILES string of the molecule is c1ccc(Cc2ccccc2-c2cncc3[nH]ccc23)cc1. The average Bonchev–Trinajstić information content (AvgIpc) is 3.05. The molecule has 0 saturated carbocycles. The fourth-order valence-corrected chi connectivity index (χ4v) is 2.95. The summed E-state index contributed by atoms with van der Waals surface area (Å²) in [6.07, 6.45) is 6.73. The zero-order valence-corrected chi connectivity index (χ0v) is 12.2. The van der Waals surface area contributed by atoms with Gasteiger partial charge in [-0.1, -0.05) is 54.6 Å². The summed E-state index contributed by atoms with van der Waals surface area (Å²) in [6.45, 7) is 0. The summed E-state index contributed by atoms with van der Waals surface area (Å²) in [6, 6.07) is 21.3. The predicted molar refractivity (Wildman–Crippen MR) is 90.8 cm³/mol. The Balaban J connectivity index is 1.84. The van der Waals surface area contributed by atoms with Crippen molar-refractivity contribution in [3.63, 3.8) is 0 Å². The van der Waals surface area contributed by atoms with Crippen LogP contribution in [0.2, 0.25) is 0 Å². The van der Waals surface area contributed by atoms with Crippen LogP contribution in [0.3, 0.4) is 0 Å². The van der Waals surface area contributed by atoms with E-state index in [2.05, 4.69) is 70.6 Å². The van der Waals surface area contributed by atoms with Crippen molar-refractivity contribution < 1.29 is 0 Å². The lowest BCUT2D eigenvalue weighted by atomic mass is 9.94. The van der Waals surface area contributed by atoms with Gasteiger partial charge in [-0.15, -0.1) is 0 Å². The first-order chi connectivity index (χ1) is 10.9. The second-order valence-electron chi connectivity index (χ2n) is 5.45. The second kappa shape index (κ2) is 5.49. The minimum Gasteiger partial charge on any atom is -0.360 e. The number of benzene rings is 2. The van der Waals surface area contributed by atoms with Gasteiger partial charge >= 0.3 is 0 Å². The van der Waals surface area contributed by atoms with E-state index in [4.69, 9.17) is 0 Å². The van der Waals surface area contributed by atoms with Gasteiger partial charge in [-0.3, -0.25) is 4.98 Å². The van der Waals surface area contributed by atoms with Crippen molar-refractivity contribution >= 4 is 10.9 Å². The molecular formula is C20H16N2. The molecule has 0 radical (unpaired) electrons. The first-order valence-corrected chi connectivity index (χ1v) is 7.45. The van der Waals surface area contributed by atoms with E-state index in [-0.39, 0.29) is 0 Å². The van der Waals surface area contributed by atoms with Gasteiger partial charge in [-0.05, 0) is 29.2 Å². The molecule has 0 aliphatic rings. The van der Waals surface area contributed by atoms with Crippen LogP contribution in [0.15, 0.2) is 79.3 Å². The smallest absolute Gasteiger partial charge is 0.0646 e. The molecule has 2 heteroatoms. The van der Waals surface area contributed by atoms with Gasteiger partial charge in [0.2, 0.25) is 0 Å². The Hall–Kier alpha value is -2.87. The summed E-state index contributed by atoms with van der Waals surface area (Å²) in [5.74, 6) is 0. The lowest BCUT2D eigenvalue weighted by Crippen LogP contribution is -1.93. The molecule has 2 nitrogen and oxygen atoms in total. The zero-order chi connectivity index (χ0) is 14.8. The minimum absolute atomic E-state index is 0.928. The first kappa shape index (κ1) is 12.8. The zero-order valence-electron chi connectivity index (χ0n) is 12.2. The fraction of sp³-hybridized carbons (Fsp3) is 0.0500. The monoisotopic (exact) mass is 284 g/mol. The van der Waals surface area contributed by atoms with E-state index >= 15 is 0 Å². The molecule has 2 aromatic carbocycles. The minimum atomic E-state index is 0.928. The van der Waals surface area contributed by atoms with Crippen LogP contribution in [0.25, 0.3) is 22.0 Å². The molecule has 1 N–H and O–H groups in total. The third-order valence-electron chi connectivity index (χ3n) is 4.02. The van der Waals surface area contributed by atoms with Crippen molar-refractivity contribution in [3.05, 3.63) is 90.4 Å². The quantitative estimate of drug-likeness (QED) is 0.574. The van der Waals surface area contributed by atoms with E-state index in [1.165, 1.54) is 27.6 Å². The number of pyridine rings is 1. The van der Waals surface area contributed by atoms with Crippen LogP contribution in [0.5, 0.6) is 0 Å².